The topological polar surface area (TPSA) is 122 Å². The minimum atomic E-state index is -0.708. The average Bonchev–Trinajstić information content (AvgIpc) is 3.30. The molecule has 1 atom stereocenters. The Morgan fingerprint density at radius 2 is 1.64 bits per heavy atom. The number of anilines is 2. The van der Waals surface area contributed by atoms with E-state index in [2.05, 4.69) is 26.2 Å². The highest BCUT2D eigenvalue weighted by molar-refractivity contribution is 6.06. The number of ether oxygens (including phenoxy) is 4. The molecule has 1 aliphatic heterocycles. The number of nitrogens with zero attached hydrogens (tertiary/aromatic N) is 4. The number of methoxy groups -OCH3 is 4. The van der Waals surface area contributed by atoms with Crippen molar-refractivity contribution in [3.05, 3.63) is 53.2 Å². The number of hydrogen-bond acceptors (Lipinski definition) is 9. The van der Waals surface area contributed by atoms with Crippen molar-refractivity contribution in [3.8, 4) is 23.0 Å². The fourth-order valence-corrected chi connectivity index (χ4v) is 3.80. The van der Waals surface area contributed by atoms with Gasteiger partial charge >= 0.3 is 0 Å². The molecule has 0 fully saturated rings. The zero-order chi connectivity index (χ0) is 23.5. The molecule has 4 rings (SSSR count). The van der Waals surface area contributed by atoms with Crippen LogP contribution in [-0.4, -0.2) is 54.6 Å². The Balaban J connectivity index is 1.86. The van der Waals surface area contributed by atoms with Crippen molar-refractivity contribution in [1.29, 1.82) is 0 Å². The van der Waals surface area contributed by atoms with Gasteiger partial charge < -0.3 is 29.6 Å². The number of tetrazole rings is 1. The van der Waals surface area contributed by atoms with Gasteiger partial charge in [-0.25, -0.2) is 0 Å². The number of amides is 1. The Hall–Kier alpha value is -4.28. The minimum absolute atomic E-state index is 0.354. The van der Waals surface area contributed by atoms with Crippen molar-refractivity contribution >= 4 is 17.5 Å². The van der Waals surface area contributed by atoms with Crippen LogP contribution >= 0.6 is 0 Å². The maximum absolute atomic E-state index is 13.6. The molecule has 33 heavy (non-hydrogen) atoms. The van der Waals surface area contributed by atoms with E-state index in [-0.39, 0.29) is 5.91 Å². The normalized spacial score (nSPS) is 14.8. The third-order valence-electron chi connectivity index (χ3n) is 5.34. The highest BCUT2D eigenvalue weighted by atomic mass is 16.5. The van der Waals surface area contributed by atoms with E-state index in [0.717, 1.165) is 0 Å². The van der Waals surface area contributed by atoms with Crippen molar-refractivity contribution in [2.75, 3.05) is 39.1 Å². The summed E-state index contributed by atoms with van der Waals surface area (Å²) in [6.45, 7) is 1.79. The van der Waals surface area contributed by atoms with Crippen LogP contribution in [0.25, 0.3) is 0 Å². The van der Waals surface area contributed by atoms with E-state index in [1.807, 2.05) is 12.1 Å². The molecule has 2 heterocycles. The number of aromatic nitrogens is 4. The Morgan fingerprint density at radius 3 is 2.33 bits per heavy atom. The summed E-state index contributed by atoms with van der Waals surface area (Å²) >= 11 is 0. The second-order valence-corrected chi connectivity index (χ2v) is 7.12. The predicted molar refractivity (Wildman–Crippen MR) is 120 cm³/mol. The highest BCUT2D eigenvalue weighted by Gasteiger charge is 2.36. The number of benzene rings is 2. The summed E-state index contributed by atoms with van der Waals surface area (Å²) in [5.74, 6) is 2.02. The Bertz CT molecular complexity index is 1220. The molecule has 1 amide bonds. The van der Waals surface area contributed by atoms with E-state index in [1.54, 1.807) is 38.3 Å². The summed E-state index contributed by atoms with van der Waals surface area (Å²) in [6.07, 6.45) is 0. The van der Waals surface area contributed by atoms with Gasteiger partial charge in [0.15, 0.2) is 11.5 Å². The van der Waals surface area contributed by atoms with Gasteiger partial charge in [0.1, 0.15) is 17.5 Å². The second-order valence-electron chi connectivity index (χ2n) is 7.12. The molecule has 0 saturated carbocycles. The number of para-hydroxylation sites is 2. The first kappa shape index (κ1) is 21.9. The lowest BCUT2D eigenvalue weighted by molar-refractivity contribution is -0.113. The quantitative estimate of drug-likeness (QED) is 0.557. The van der Waals surface area contributed by atoms with Crippen LogP contribution in [0.15, 0.2) is 47.7 Å². The monoisotopic (exact) mass is 452 g/mol. The molecular weight excluding hydrogens is 428 g/mol. The Kier molecular flexibility index (Phi) is 6.03. The van der Waals surface area contributed by atoms with E-state index in [4.69, 9.17) is 18.9 Å². The van der Waals surface area contributed by atoms with Gasteiger partial charge in [0.2, 0.25) is 5.95 Å². The minimum Gasteiger partial charge on any atom is -0.496 e. The fraction of sp³-hybridized carbons (Fsp3) is 0.273. The van der Waals surface area contributed by atoms with Crippen molar-refractivity contribution < 1.29 is 23.7 Å². The summed E-state index contributed by atoms with van der Waals surface area (Å²) in [5, 5.41) is 18.0. The molecule has 1 aromatic heterocycles. The van der Waals surface area contributed by atoms with Gasteiger partial charge in [-0.1, -0.05) is 17.2 Å². The molecule has 0 saturated heterocycles. The molecular formula is C22H24N6O5. The Labute approximate surface area is 190 Å². The first-order chi connectivity index (χ1) is 16.0. The number of rotatable bonds is 7. The summed E-state index contributed by atoms with van der Waals surface area (Å²) in [7, 11) is 6.16. The molecule has 0 unspecified atom stereocenters. The molecule has 0 spiro atoms. The summed E-state index contributed by atoms with van der Waals surface area (Å²) in [6, 6.07) is 9.91. The molecule has 2 N–H and O–H groups in total. The van der Waals surface area contributed by atoms with Crippen molar-refractivity contribution in [3.63, 3.8) is 0 Å². The van der Waals surface area contributed by atoms with E-state index < -0.39 is 6.04 Å². The summed E-state index contributed by atoms with van der Waals surface area (Å²) in [5.41, 5.74) is 2.14. The summed E-state index contributed by atoms with van der Waals surface area (Å²) in [4.78, 5) is 13.6. The van der Waals surface area contributed by atoms with Gasteiger partial charge in [0.25, 0.3) is 5.91 Å². The average molecular weight is 452 g/mol. The van der Waals surface area contributed by atoms with Crippen LogP contribution in [0.3, 0.4) is 0 Å². The van der Waals surface area contributed by atoms with Gasteiger partial charge in [-0.2, -0.15) is 4.68 Å². The molecule has 0 bridgehead atoms. The fourth-order valence-electron chi connectivity index (χ4n) is 3.80. The van der Waals surface area contributed by atoms with E-state index in [1.165, 1.54) is 26.0 Å². The number of carbonyl (C=O) groups excluding carboxylic acids is 1. The standard InChI is InChI=1S/C22H24N6O5/c1-12-19(21(29)24-14-8-6-7-9-15(14)30-2)20(28-22(23-12)25-26-27-28)13-10-17(32-4)18(33-5)11-16(13)31-3/h6-11,20H,1-5H3,(H,24,29)(H,23,25,27)/t20-/m1/s1. The van der Waals surface area contributed by atoms with Crippen LogP contribution in [-0.2, 0) is 4.79 Å². The van der Waals surface area contributed by atoms with E-state index in [9.17, 15) is 4.79 Å². The number of fused-ring (bicyclic) bond motifs is 1. The van der Waals surface area contributed by atoms with Crippen LogP contribution in [0.4, 0.5) is 11.6 Å². The van der Waals surface area contributed by atoms with Crippen LogP contribution in [0, 0.1) is 0 Å². The van der Waals surface area contributed by atoms with Crippen molar-refractivity contribution in [1.82, 2.24) is 20.2 Å². The van der Waals surface area contributed by atoms with Gasteiger partial charge in [-0.15, -0.1) is 0 Å². The molecule has 172 valence electrons. The molecule has 1 aliphatic rings. The first-order valence-corrected chi connectivity index (χ1v) is 10.0. The van der Waals surface area contributed by atoms with Crippen molar-refractivity contribution in [2.45, 2.75) is 13.0 Å². The van der Waals surface area contributed by atoms with Gasteiger partial charge in [-0.3, -0.25) is 4.79 Å². The van der Waals surface area contributed by atoms with Crippen molar-refractivity contribution in [2.24, 2.45) is 0 Å². The molecule has 11 heteroatoms. The first-order valence-electron chi connectivity index (χ1n) is 10.0. The van der Waals surface area contributed by atoms with Crippen LogP contribution in [0.5, 0.6) is 23.0 Å². The lowest BCUT2D eigenvalue weighted by Crippen LogP contribution is -2.32. The zero-order valence-electron chi connectivity index (χ0n) is 18.9. The SMILES string of the molecule is COc1ccccc1NC(=O)C1=C(C)Nc2nnnn2[C@@H]1c1cc(OC)c(OC)cc1OC. The molecule has 0 aliphatic carbocycles. The molecule has 0 radical (unpaired) electrons. The number of nitrogens with one attached hydrogen (secondary N) is 2. The smallest absolute Gasteiger partial charge is 0.255 e. The van der Waals surface area contributed by atoms with Gasteiger partial charge in [0, 0.05) is 17.3 Å². The van der Waals surface area contributed by atoms with Crippen LogP contribution in [0.2, 0.25) is 0 Å². The molecule has 2 aromatic carbocycles. The number of allylic oxidation sites excluding steroid dienone is 1. The maximum Gasteiger partial charge on any atom is 0.255 e. The van der Waals surface area contributed by atoms with Gasteiger partial charge in [-0.05, 0) is 35.5 Å². The zero-order valence-corrected chi connectivity index (χ0v) is 18.9. The second kappa shape index (κ2) is 9.07. The largest absolute Gasteiger partial charge is 0.496 e. The van der Waals surface area contributed by atoms with Gasteiger partial charge in [0.05, 0.1) is 39.7 Å². The number of hydrogen-bond donors (Lipinski definition) is 2. The lowest BCUT2D eigenvalue weighted by Gasteiger charge is -2.29. The van der Waals surface area contributed by atoms with E-state index >= 15 is 0 Å². The third kappa shape index (κ3) is 3.88. The highest BCUT2D eigenvalue weighted by Crippen LogP contribution is 2.43. The number of carbonyl (C=O) groups is 1. The predicted octanol–water partition coefficient (Wildman–Crippen LogP) is 2.64. The third-order valence-corrected chi connectivity index (χ3v) is 5.34. The Morgan fingerprint density at radius 1 is 0.970 bits per heavy atom. The lowest BCUT2D eigenvalue weighted by atomic mass is 9.93. The van der Waals surface area contributed by atoms with Crippen LogP contribution in [0.1, 0.15) is 18.5 Å². The maximum atomic E-state index is 13.6. The molecule has 11 nitrogen and oxygen atoms in total. The summed E-state index contributed by atoms with van der Waals surface area (Å²) < 4.78 is 23.4. The van der Waals surface area contributed by atoms with E-state index in [0.29, 0.717) is 51.5 Å². The molecule has 3 aromatic rings. The van der Waals surface area contributed by atoms with Crippen LogP contribution < -0.4 is 29.6 Å².